The maximum Gasteiger partial charge on any atom is 0.328 e. The molecule has 0 unspecified atom stereocenters. The van der Waals surface area contributed by atoms with E-state index >= 15 is 0 Å². The van der Waals surface area contributed by atoms with Crippen LogP contribution in [0.2, 0.25) is 0 Å². The maximum absolute atomic E-state index is 12.1. The highest BCUT2D eigenvalue weighted by molar-refractivity contribution is 9.10. The molecule has 0 saturated carbocycles. The van der Waals surface area contributed by atoms with Gasteiger partial charge >= 0.3 is 6.03 Å². The SMILES string of the molecule is Cc1ccn2c(C=C3C(=O)NC(=O)NC3=O)c(-c3ccc(Br)cc3)nc2c1. The lowest BCUT2D eigenvalue weighted by atomic mass is 10.1. The Hall–Kier alpha value is -3.26. The van der Waals surface area contributed by atoms with Crippen molar-refractivity contribution in [3.05, 3.63) is 63.9 Å². The van der Waals surface area contributed by atoms with Crippen molar-refractivity contribution in [1.82, 2.24) is 20.0 Å². The summed E-state index contributed by atoms with van der Waals surface area (Å²) in [5.41, 5.74) is 3.59. The number of hydrogen-bond acceptors (Lipinski definition) is 4. The Morgan fingerprint density at radius 1 is 1.04 bits per heavy atom. The number of nitrogens with zero attached hydrogens (tertiary/aromatic N) is 2. The Morgan fingerprint density at radius 3 is 2.37 bits per heavy atom. The van der Waals surface area contributed by atoms with Crippen LogP contribution in [0, 0.1) is 6.92 Å². The molecule has 4 rings (SSSR count). The normalized spacial score (nSPS) is 14.3. The first kappa shape index (κ1) is 17.2. The smallest absolute Gasteiger partial charge is 0.300 e. The van der Waals surface area contributed by atoms with Crippen LogP contribution in [0.3, 0.4) is 0 Å². The van der Waals surface area contributed by atoms with Crippen LogP contribution >= 0.6 is 15.9 Å². The minimum Gasteiger partial charge on any atom is -0.300 e. The van der Waals surface area contributed by atoms with E-state index < -0.39 is 17.8 Å². The number of halogens is 1. The standard InChI is InChI=1S/C19H13BrN4O3/c1-10-6-7-24-14(9-13-17(25)22-19(27)23-18(13)26)16(21-15(24)8-10)11-2-4-12(20)5-3-11/h2-9H,1H3,(H2,22,23,25,26,27). The van der Waals surface area contributed by atoms with Gasteiger partial charge in [0, 0.05) is 16.2 Å². The van der Waals surface area contributed by atoms with Crippen molar-refractivity contribution >= 4 is 45.5 Å². The summed E-state index contributed by atoms with van der Waals surface area (Å²) in [6.07, 6.45) is 3.28. The van der Waals surface area contributed by atoms with E-state index in [0.29, 0.717) is 17.0 Å². The van der Waals surface area contributed by atoms with Crippen LogP contribution in [0.4, 0.5) is 4.79 Å². The number of amides is 4. The largest absolute Gasteiger partial charge is 0.328 e. The molecule has 4 amide bonds. The molecule has 3 aromatic rings. The quantitative estimate of drug-likeness (QED) is 0.488. The molecular weight excluding hydrogens is 412 g/mol. The van der Waals surface area contributed by atoms with Gasteiger partial charge in [0.15, 0.2) is 0 Å². The van der Waals surface area contributed by atoms with Crippen LogP contribution in [0.5, 0.6) is 0 Å². The molecule has 1 saturated heterocycles. The Balaban J connectivity index is 1.95. The molecule has 0 bridgehead atoms. The van der Waals surface area contributed by atoms with Gasteiger partial charge in [-0.15, -0.1) is 0 Å². The predicted molar refractivity (Wildman–Crippen MR) is 103 cm³/mol. The summed E-state index contributed by atoms with van der Waals surface area (Å²) in [6.45, 7) is 1.96. The van der Waals surface area contributed by atoms with Crippen LogP contribution in [0.15, 0.2) is 52.6 Å². The van der Waals surface area contributed by atoms with E-state index in [9.17, 15) is 14.4 Å². The molecule has 1 aliphatic rings. The van der Waals surface area contributed by atoms with Crippen LogP contribution in [-0.2, 0) is 9.59 Å². The Morgan fingerprint density at radius 2 is 1.70 bits per heavy atom. The lowest BCUT2D eigenvalue weighted by Crippen LogP contribution is -2.51. The third kappa shape index (κ3) is 3.15. The summed E-state index contributed by atoms with van der Waals surface area (Å²) in [7, 11) is 0. The number of carbonyl (C=O) groups excluding carboxylic acids is 3. The molecule has 1 aromatic carbocycles. The first-order chi connectivity index (χ1) is 12.9. The highest BCUT2D eigenvalue weighted by Gasteiger charge is 2.28. The number of imide groups is 2. The molecule has 0 radical (unpaired) electrons. The van der Waals surface area contributed by atoms with E-state index in [1.807, 2.05) is 49.5 Å². The fourth-order valence-corrected chi connectivity index (χ4v) is 3.13. The van der Waals surface area contributed by atoms with E-state index in [1.165, 1.54) is 6.08 Å². The molecule has 1 fully saturated rings. The number of imidazole rings is 1. The number of nitrogens with one attached hydrogen (secondary N) is 2. The Kier molecular flexibility index (Phi) is 4.12. The third-order valence-corrected chi connectivity index (χ3v) is 4.69. The second kappa shape index (κ2) is 6.48. The summed E-state index contributed by atoms with van der Waals surface area (Å²) in [5, 5.41) is 4.16. The van der Waals surface area contributed by atoms with Crippen molar-refractivity contribution in [3.8, 4) is 11.3 Å². The van der Waals surface area contributed by atoms with E-state index in [0.717, 1.165) is 15.6 Å². The molecule has 27 heavy (non-hydrogen) atoms. The molecule has 2 aromatic heterocycles. The van der Waals surface area contributed by atoms with Crippen molar-refractivity contribution in [3.63, 3.8) is 0 Å². The molecular formula is C19H13BrN4O3. The molecule has 1 aliphatic heterocycles. The highest BCUT2D eigenvalue weighted by Crippen LogP contribution is 2.28. The number of pyridine rings is 1. The molecule has 0 aliphatic carbocycles. The van der Waals surface area contributed by atoms with Crippen molar-refractivity contribution in [2.45, 2.75) is 6.92 Å². The number of rotatable bonds is 2. The van der Waals surface area contributed by atoms with Gasteiger partial charge in [-0.3, -0.25) is 24.6 Å². The van der Waals surface area contributed by atoms with Crippen LogP contribution < -0.4 is 10.6 Å². The van der Waals surface area contributed by atoms with Crippen LogP contribution in [0.25, 0.3) is 23.0 Å². The Bertz CT molecular complexity index is 1120. The molecule has 134 valence electrons. The van der Waals surface area contributed by atoms with Gasteiger partial charge in [0.25, 0.3) is 11.8 Å². The first-order valence-corrected chi connectivity index (χ1v) is 8.85. The van der Waals surface area contributed by atoms with Gasteiger partial charge in [-0.2, -0.15) is 0 Å². The van der Waals surface area contributed by atoms with E-state index in [4.69, 9.17) is 0 Å². The average molecular weight is 425 g/mol. The molecule has 7 nitrogen and oxygen atoms in total. The predicted octanol–water partition coefficient (Wildman–Crippen LogP) is 2.82. The van der Waals surface area contributed by atoms with Gasteiger partial charge in [-0.1, -0.05) is 28.1 Å². The number of aryl methyl sites for hydroxylation is 1. The van der Waals surface area contributed by atoms with Gasteiger partial charge in [0.2, 0.25) is 0 Å². The number of aromatic nitrogens is 2. The summed E-state index contributed by atoms with van der Waals surface area (Å²) < 4.78 is 2.73. The average Bonchev–Trinajstić information content (AvgIpc) is 2.96. The van der Waals surface area contributed by atoms with Gasteiger partial charge in [-0.05, 0) is 42.8 Å². The number of barbiturate groups is 1. The van der Waals surface area contributed by atoms with Gasteiger partial charge in [0.1, 0.15) is 11.2 Å². The molecule has 3 heterocycles. The minimum atomic E-state index is -0.830. The number of hydrogen-bond donors (Lipinski definition) is 2. The van der Waals surface area contributed by atoms with Crippen LogP contribution in [-0.4, -0.2) is 27.2 Å². The highest BCUT2D eigenvalue weighted by atomic mass is 79.9. The topological polar surface area (TPSA) is 92.6 Å². The van der Waals surface area contributed by atoms with Gasteiger partial charge < -0.3 is 0 Å². The minimum absolute atomic E-state index is 0.157. The second-order valence-electron chi connectivity index (χ2n) is 6.08. The summed E-state index contributed by atoms with van der Waals surface area (Å²) in [6, 6.07) is 10.6. The molecule has 8 heteroatoms. The van der Waals surface area contributed by atoms with E-state index in [1.54, 1.807) is 4.40 Å². The van der Waals surface area contributed by atoms with Crippen molar-refractivity contribution in [1.29, 1.82) is 0 Å². The number of fused-ring (bicyclic) bond motifs is 1. The third-order valence-electron chi connectivity index (χ3n) is 4.16. The van der Waals surface area contributed by atoms with E-state index in [2.05, 4.69) is 31.5 Å². The number of carbonyl (C=O) groups is 3. The van der Waals surface area contributed by atoms with Crippen molar-refractivity contribution in [2.75, 3.05) is 0 Å². The van der Waals surface area contributed by atoms with Crippen molar-refractivity contribution in [2.24, 2.45) is 0 Å². The Labute approximate surface area is 162 Å². The molecule has 0 spiro atoms. The zero-order chi connectivity index (χ0) is 19.1. The first-order valence-electron chi connectivity index (χ1n) is 8.05. The zero-order valence-corrected chi connectivity index (χ0v) is 15.7. The fraction of sp³-hybridized carbons (Fsp3) is 0.0526. The van der Waals surface area contributed by atoms with Gasteiger partial charge in [0.05, 0.1) is 11.4 Å². The fourth-order valence-electron chi connectivity index (χ4n) is 2.87. The maximum atomic E-state index is 12.1. The zero-order valence-electron chi connectivity index (χ0n) is 14.1. The van der Waals surface area contributed by atoms with E-state index in [-0.39, 0.29) is 5.57 Å². The molecule has 0 atom stereocenters. The lowest BCUT2D eigenvalue weighted by Gasteiger charge is -2.14. The molecule has 2 N–H and O–H groups in total. The summed E-state index contributed by atoms with van der Waals surface area (Å²) in [4.78, 5) is 40.2. The van der Waals surface area contributed by atoms with Gasteiger partial charge in [-0.25, -0.2) is 9.78 Å². The van der Waals surface area contributed by atoms with Crippen molar-refractivity contribution < 1.29 is 14.4 Å². The number of benzene rings is 1. The monoisotopic (exact) mass is 424 g/mol. The summed E-state index contributed by atoms with van der Waals surface area (Å²) in [5.74, 6) is -1.49. The summed E-state index contributed by atoms with van der Waals surface area (Å²) >= 11 is 3.41. The lowest BCUT2D eigenvalue weighted by molar-refractivity contribution is -0.123. The number of urea groups is 1. The second-order valence-corrected chi connectivity index (χ2v) is 7.00. The van der Waals surface area contributed by atoms with Crippen LogP contribution in [0.1, 0.15) is 11.3 Å².